The van der Waals surface area contributed by atoms with E-state index in [1.165, 1.54) is 0 Å². The molecule has 1 unspecified atom stereocenters. The average Bonchev–Trinajstić information content (AvgIpc) is 3.09. The molecule has 3 heterocycles. The van der Waals surface area contributed by atoms with Gasteiger partial charge in [-0.2, -0.15) is 4.98 Å². The quantitative estimate of drug-likeness (QED) is 0.635. The molecule has 156 valence electrons. The zero-order valence-corrected chi connectivity index (χ0v) is 17.6. The molecule has 1 aliphatic rings. The number of fused-ring (bicyclic) bond motifs is 1. The Balaban J connectivity index is 1.61. The second-order valence-electron chi connectivity index (χ2n) is 7.65. The van der Waals surface area contributed by atoms with Crippen molar-refractivity contribution in [2.75, 3.05) is 16.8 Å². The molecule has 1 aromatic carbocycles. The third kappa shape index (κ3) is 3.82. The van der Waals surface area contributed by atoms with E-state index in [1.807, 2.05) is 20.8 Å². The molecule has 2 N–H and O–H groups in total. The Labute approximate surface area is 178 Å². The highest BCUT2D eigenvalue weighted by Crippen LogP contribution is 2.27. The fraction of sp³-hybridized carbons (Fsp3) is 0.333. The van der Waals surface area contributed by atoms with Gasteiger partial charge in [0, 0.05) is 27.7 Å². The molecular weight excluding hydrogens is 406 g/mol. The number of amides is 1. The van der Waals surface area contributed by atoms with Crippen molar-refractivity contribution in [3.63, 3.8) is 0 Å². The molecule has 0 radical (unpaired) electrons. The van der Waals surface area contributed by atoms with Crippen LogP contribution in [0.2, 0.25) is 5.02 Å². The predicted molar refractivity (Wildman–Crippen MR) is 116 cm³/mol. The first kappa shape index (κ1) is 20.2. The summed E-state index contributed by atoms with van der Waals surface area (Å²) >= 11 is 6.08. The number of carbonyl (C=O) groups is 1. The number of hydrogen-bond acceptors (Lipinski definition) is 6. The average molecular weight is 428 g/mol. The number of aromatic nitrogens is 3. The number of nitrogens with zero attached hydrogens (tertiary/aromatic N) is 3. The van der Waals surface area contributed by atoms with Gasteiger partial charge in [0.25, 0.3) is 5.56 Å². The number of rotatable bonds is 5. The van der Waals surface area contributed by atoms with Gasteiger partial charge < -0.3 is 15.0 Å². The summed E-state index contributed by atoms with van der Waals surface area (Å²) in [6, 6.07) is 8.30. The number of aromatic amines is 1. The SMILES string of the molecule is CC(Nc1nccc(N2C(=O)OC[C@@H]2C(C)C)n1)c1cc2cc(Cl)ccc2[nH]c1=O. The molecule has 1 amide bonds. The molecule has 30 heavy (non-hydrogen) atoms. The number of halogens is 1. The van der Waals surface area contributed by atoms with Gasteiger partial charge in [0.15, 0.2) is 0 Å². The van der Waals surface area contributed by atoms with Gasteiger partial charge >= 0.3 is 6.09 Å². The summed E-state index contributed by atoms with van der Waals surface area (Å²) in [5.74, 6) is 0.984. The number of nitrogens with one attached hydrogen (secondary N) is 2. The lowest BCUT2D eigenvalue weighted by atomic mass is 10.0. The Morgan fingerprint density at radius 3 is 2.80 bits per heavy atom. The van der Waals surface area contributed by atoms with E-state index in [0.29, 0.717) is 34.5 Å². The van der Waals surface area contributed by atoms with Crippen LogP contribution in [0.5, 0.6) is 0 Å². The Bertz CT molecular complexity index is 1160. The topological polar surface area (TPSA) is 100 Å². The van der Waals surface area contributed by atoms with Crippen LogP contribution in [0.4, 0.5) is 16.6 Å². The van der Waals surface area contributed by atoms with Crippen molar-refractivity contribution in [2.45, 2.75) is 32.9 Å². The van der Waals surface area contributed by atoms with Crippen LogP contribution in [0.25, 0.3) is 10.9 Å². The van der Waals surface area contributed by atoms with Crippen LogP contribution >= 0.6 is 11.6 Å². The number of ether oxygens (including phenoxy) is 1. The summed E-state index contributed by atoms with van der Waals surface area (Å²) < 4.78 is 5.20. The van der Waals surface area contributed by atoms with Gasteiger partial charge in [-0.3, -0.25) is 9.69 Å². The zero-order valence-electron chi connectivity index (χ0n) is 16.8. The lowest BCUT2D eigenvalue weighted by Crippen LogP contribution is -2.37. The number of anilines is 2. The van der Waals surface area contributed by atoms with E-state index in [0.717, 1.165) is 5.39 Å². The summed E-state index contributed by atoms with van der Waals surface area (Å²) in [7, 11) is 0. The van der Waals surface area contributed by atoms with Crippen molar-refractivity contribution < 1.29 is 9.53 Å². The molecule has 4 rings (SSSR count). The molecule has 0 spiro atoms. The van der Waals surface area contributed by atoms with Crippen LogP contribution in [0.15, 0.2) is 41.3 Å². The summed E-state index contributed by atoms with van der Waals surface area (Å²) in [5.41, 5.74) is 1.04. The second kappa shape index (κ2) is 7.95. The Hall–Kier alpha value is -3.13. The fourth-order valence-corrected chi connectivity index (χ4v) is 3.71. The molecule has 2 atom stereocenters. The monoisotopic (exact) mass is 427 g/mol. The van der Waals surface area contributed by atoms with E-state index < -0.39 is 6.09 Å². The largest absolute Gasteiger partial charge is 0.447 e. The van der Waals surface area contributed by atoms with E-state index >= 15 is 0 Å². The first-order chi connectivity index (χ1) is 14.3. The summed E-state index contributed by atoms with van der Waals surface area (Å²) in [6.45, 7) is 6.23. The zero-order chi connectivity index (χ0) is 21.4. The summed E-state index contributed by atoms with van der Waals surface area (Å²) in [5, 5.41) is 4.57. The van der Waals surface area contributed by atoms with Crippen molar-refractivity contribution in [1.29, 1.82) is 0 Å². The van der Waals surface area contributed by atoms with Gasteiger partial charge in [-0.25, -0.2) is 9.78 Å². The van der Waals surface area contributed by atoms with Crippen molar-refractivity contribution in [1.82, 2.24) is 15.0 Å². The van der Waals surface area contributed by atoms with Gasteiger partial charge in [-0.15, -0.1) is 0 Å². The molecule has 1 saturated heterocycles. The minimum Gasteiger partial charge on any atom is -0.447 e. The van der Waals surface area contributed by atoms with E-state index in [4.69, 9.17) is 16.3 Å². The van der Waals surface area contributed by atoms with Crippen LogP contribution in [0.1, 0.15) is 32.4 Å². The Kier molecular flexibility index (Phi) is 5.34. The highest BCUT2D eigenvalue weighted by molar-refractivity contribution is 6.31. The number of H-pyrrole nitrogens is 1. The van der Waals surface area contributed by atoms with Crippen LogP contribution in [0, 0.1) is 5.92 Å². The van der Waals surface area contributed by atoms with Gasteiger partial charge in [0.05, 0.1) is 12.1 Å². The minimum absolute atomic E-state index is 0.0919. The van der Waals surface area contributed by atoms with Crippen LogP contribution in [0.3, 0.4) is 0 Å². The van der Waals surface area contributed by atoms with Crippen LogP contribution < -0.4 is 15.8 Å². The second-order valence-corrected chi connectivity index (χ2v) is 8.08. The normalized spacial score (nSPS) is 17.4. The van der Waals surface area contributed by atoms with Gasteiger partial charge in [-0.05, 0) is 43.2 Å². The molecular formula is C21H22ClN5O3. The summed E-state index contributed by atoms with van der Waals surface area (Å²) in [4.78, 5) is 37.9. The number of hydrogen-bond donors (Lipinski definition) is 2. The maximum absolute atomic E-state index is 12.5. The fourth-order valence-electron chi connectivity index (χ4n) is 3.53. The smallest absolute Gasteiger partial charge is 0.415 e. The molecule has 3 aromatic rings. The Morgan fingerprint density at radius 1 is 1.23 bits per heavy atom. The van der Waals surface area contributed by atoms with Crippen molar-refractivity contribution >= 4 is 40.4 Å². The molecule has 0 bridgehead atoms. The maximum atomic E-state index is 12.5. The molecule has 8 nitrogen and oxygen atoms in total. The van der Waals surface area contributed by atoms with E-state index in [9.17, 15) is 9.59 Å². The molecule has 9 heteroatoms. The molecule has 1 fully saturated rings. The summed E-state index contributed by atoms with van der Waals surface area (Å²) in [6.07, 6.45) is 1.15. The maximum Gasteiger partial charge on any atom is 0.415 e. The number of benzene rings is 1. The third-order valence-electron chi connectivity index (χ3n) is 5.21. The molecule has 1 aliphatic heterocycles. The first-order valence-electron chi connectivity index (χ1n) is 9.71. The number of carbonyl (C=O) groups excluding carboxylic acids is 1. The van der Waals surface area contributed by atoms with Gasteiger partial charge in [-0.1, -0.05) is 25.4 Å². The number of cyclic esters (lactones) is 1. The highest BCUT2D eigenvalue weighted by Gasteiger charge is 2.37. The first-order valence-corrected chi connectivity index (χ1v) is 10.1. The molecule has 2 aromatic heterocycles. The van der Waals surface area contributed by atoms with Crippen LogP contribution in [-0.2, 0) is 4.74 Å². The third-order valence-corrected chi connectivity index (χ3v) is 5.45. The molecule has 0 aliphatic carbocycles. The lowest BCUT2D eigenvalue weighted by Gasteiger charge is -2.23. The standard InChI is InChI=1S/C21H22ClN5O3/c1-11(2)17-10-30-21(29)27(17)18-6-7-23-20(26-18)24-12(3)15-9-13-8-14(22)4-5-16(13)25-19(15)28/h4-9,11-12,17H,10H2,1-3H3,(H,25,28)(H,23,24,26)/t12?,17-/m1/s1. The number of pyridine rings is 1. The van der Waals surface area contributed by atoms with E-state index in [2.05, 4.69) is 20.3 Å². The van der Waals surface area contributed by atoms with Gasteiger partial charge in [0.2, 0.25) is 5.95 Å². The predicted octanol–water partition coefficient (Wildman–Crippen LogP) is 4.13. The lowest BCUT2D eigenvalue weighted by molar-refractivity contribution is 0.177. The highest BCUT2D eigenvalue weighted by atomic mass is 35.5. The van der Waals surface area contributed by atoms with Crippen molar-refractivity contribution in [3.8, 4) is 0 Å². The van der Waals surface area contributed by atoms with Crippen LogP contribution in [-0.4, -0.2) is 33.7 Å². The van der Waals surface area contributed by atoms with Crippen molar-refractivity contribution in [3.05, 3.63) is 57.5 Å². The molecule has 0 saturated carbocycles. The van der Waals surface area contributed by atoms with Crippen molar-refractivity contribution in [2.24, 2.45) is 5.92 Å². The van der Waals surface area contributed by atoms with E-state index in [1.54, 1.807) is 41.4 Å². The van der Waals surface area contributed by atoms with E-state index in [-0.39, 0.29) is 23.6 Å². The van der Waals surface area contributed by atoms with Gasteiger partial charge in [0.1, 0.15) is 12.4 Å². The minimum atomic E-state index is -0.422. The Morgan fingerprint density at radius 2 is 2.03 bits per heavy atom.